The Labute approximate surface area is 136 Å². The van der Waals surface area contributed by atoms with Crippen LogP contribution in [0.4, 0.5) is 26.3 Å². The minimum atomic E-state index is -4.69. The van der Waals surface area contributed by atoms with Gasteiger partial charge in [-0.05, 0) is 12.1 Å². The molecule has 2 aliphatic heterocycles. The second-order valence-electron chi connectivity index (χ2n) is 5.12. The summed E-state index contributed by atoms with van der Waals surface area (Å²) < 4.78 is 78.2. The quantitative estimate of drug-likeness (QED) is 0.699. The molecule has 0 N–H and O–H groups in total. The van der Waals surface area contributed by atoms with E-state index < -0.39 is 35.1 Å². The lowest BCUT2D eigenvalue weighted by Gasteiger charge is -2.29. The van der Waals surface area contributed by atoms with Crippen LogP contribution in [0.15, 0.2) is 46.3 Å². The first-order valence-electron chi connectivity index (χ1n) is 6.59. The van der Waals surface area contributed by atoms with Crippen molar-refractivity contribution < 1.29 is 26.3 Å². The topological polar surface area (TPSA) is 28.5 Å². The molecule has 0 radical (unpaired) electrons. The van der Waals surface area contributed by atoms with Gasteiger partial charge in [0.15, 0.2) is 0 Å². The number of hydrogen-bond acceptors (Lipinski definition) is 3. The van der Waals surface area contributed by atoms with Gasteiger partial charge in [-0.3, -0.25) is 9.98 Å². The summed E-state index contributed by atoms with van der Waals surface area (Å²) in [7, 11) is 0. The van der Waals surface area contributed by atoms with Crippen LogP contribution >= 0.6 is 11.6 Å². The predicted octanol–water partition coefficient (Wildman–Crippen LogP) is 4.11. The van der Waals surface area contributed by atoms with Gasteiger partial charge in [0.05, 0.1) is 23.7 Å². The van der Waals surface area contributed by atoms with Gasteiger partial charge < -0.3 is 4.90 Å². The number of nitrogens with zero attached hydrogens (tertiary/aromatic N) is 3. The maximum atomic E-state index is 13.1. The minimum Gasteiger partial charge on any atom is -0.322 e. The zero-order chi connectivity index (χ0) is 17.7. The number of fused-ring (bicyclic) bond motifs is 1. The fourth-order valence-corrected chi connectivity index (χ4v) is 2.78. The maximum Gasteiger partial charge on any atom is 0.417 e. The average molecular weight is 368 g/mol. The number of pyridine rings is 1. The van der Waals surface area contributed by atoms with E-state index in [1.54, 1.807) is 0 Å². The molecule has 2 aliphatic rings. The second kappa shape index (κ2) is 5.51. The van der Waals surface area contributed by atoms with E-state index in [1.807, 2.05) is 0 Å². The van der Waals surface area contributed by atoms with Gasteiger partial charge in [0.2, 0.25) is 0 Å². The van der Waals surface area contributed by atoms with Crippen LogP contribution in [-0.2, 0) is 6.18 Å². The molecule has 1 atom stereocenters. The van der Waals surface area contributed by atoms with Gasteiger partial charge in [-0.15, -0.1) is 0 Å². The third-order valence-electron chi connectivity index (χ3n) is 3.58. The summed E-state index contributed by atoms with van der Waals surface area (Å²) in [6, 6.07) is -0.00455. The zero-order valence-electron chi connectivity index (χ0n) is 11.7. The molecule has 0 saturated heterocycles. The molecule has 3 rings (SSSR count). The highest BCUT2D eigenvalue weighted by Gasteiger charge is 2.42. The highest BCUT2D eigenvalue weighted by Crippen LogP contribution is 2.38. The molecular weight excluding hydrogens is 360 g/mol. The second-order valence-corrected chi connectivity index (χ2v) is 5.55. The highest BCUT2D eigenvalue weighted by atomic mass is 35.5. The van der Waals surface area contributed by atoms with Crippen LogP contribution in [0.5, 0.6) is 0 Å². The van der Waals surface area contributed by atoms with Gasteiger partial charge in [-0.1, -0.05) is 11.6 Å². The van der Waals surface area contributed by atoms with Crippen LogP contribution in [0.1, 0.15) is 11.1 Å². The van der Waals surface area contributed by atoms with Gasteiger partial charge >= 0.3 is 12.4 Å². The zero-order valence-corrected chi connectivity index (χ0v) is 12.4. The van der Waals surface area contributed by atoms with Crippen LogP contribution < -0.4 is 0 Å². The molecule has 0 amide bonds. The molecule has 24 heavy (non-hydrogen) atoms. The molecule has 0 bridgehead atoms. The highest BCUT2D eigenvalue weighted by molar-refractivity contribution is 6.31. The molecule has 3 heterocycles. The molecule has 3 nitrogen and oxygen atoms in total. The lowest BCUT2D eigenvalue weighted by molar-refractivity contribution is -0.137. The van der Waals surface area contributed by atoms with Crippen molar-refractivity contribution in [2.45, 2.75) is 18.4 Å². The summed E-state index contributed by atoms with van der Waals surface area (Å²) in [6.07, 6.45) is -6.01. The Morgan fingerprint density at radius 1 is 1.12 bits per heavy atom. The fourth-order valence-electron chi connectivity index (χ4n) is 2.49. The summed E-state index contributed by atoms with van der Waals surface area (Å²) >= 11 is 5.87. The normalized spacial score (nSPS) is 21.2. The number of halogens is 7. The Kier molecular flexibility index (Phi) is 3.86. The predicted molar refractivity (Wildman–Crippen MR) is 74.3 cm³/mol. The minimum absolute atomic E-state index is 0.0432. The van der Waals surface area contributed by atoms with Crippen LogP contribution in [0.3, 0.4) is 0 Å². The van der Waals surface area contributed by atoms with E-state index >= 15 is 0 Å². The van der Waals surface area contributed by atoms with E-state index in [0.717, 1.165) is 35.6 Å². The number of aromatic nitrogens is 1. The summed E-state index contributed by atoms with van der Waals surface area (Å²) in [5.41, 5.74) is -2.48. The first-order chi connectivity index (χ1) is 11.1. The molecule has 1 aromatic rings. The molecular formula is C14H8ClF6N3. The molecule has 0 aromatic carbocycles. The van der Waals surface area contributed by atoms with E-state index in [0.29, 0.717) is 0 Å². The Hall–Kier alpha value is -2.03. The van der Waals surface area contributed by atoms with Gasteiger partial charge in [-0.2, -0.15) is 26.3 Å². The first-order valence-corrected chi connectivity index (χ1v) is 6.97. The van der Waals surface area contributed by atoms with Crippen molar-refractivity contribution in [1.29, 1.82) is 0 Å². The number of alkyl halides is 6. The molecule has 0 aliphatic carbocycles. The summed E-state index contributed by atoms with van der Waals surface area (Å²) in [5.74, 6) is -0.242. The fraction of sp³-hybridized carbons (Fsp3) is 0.286. The van der Waals surface area contributed by atoms with Crippen molar-refractivity contribution in [2.24, 2.45) is 4.99 Å². The average Bonchev–Trinajstić information content (AvgIpc) is 2.90. The van der Waals surface area contributed by atoms with Crippen molar-refractivity contribution in [3.63, 3.8) is 0 Å². The molecule has 1 unspecified atom stereocenters. The number of hydrogen-bond donors (Lipinski definition) is 0. The summed E-state index contributed by atoms with van der Waals surface area (Å²) in [4.78, 5) is 8.60. The molecule has 0 spiro atoms. The van der Waals surface area contributed by atoms with Crippen molar-refractivity contribution in [3.8, 4) is 0 Å². The van der Waals surface area contributed by atoms with E-state index in [9.17, 15) is 26.3 Å². The van der Waals surface area contributed by atoms with Gasteiger partial charge in [0, 0.05) is 29.2 Å². The molecule has 128 valence electrons. The van der Waals surface area contributed by atoms with Gasteiger partial charge in [-0.25, -0.2) is 0 Å². The number of rotatable bonds is 1. The lowest BCUT2D eigenvalue weighted by Crippen LogP contribution is -2.37. The molecule has 1 aromatic heterocycles. The van der Waals surface area contributed by atoms with E-state index in [1.165, 1.54) is 0 Å². The standard InChI is InChI=1S/C14H8ClF6N3/c15-10-3-7(13(16,17)18)6-24-11(10)5-23-12(24)8-4-22-2-1-9(8)14(19,20)21/h1-4,6,11H,5H2. The summed E-state index contributed by atoms with van der Waals surface area (Å²) in [5, 5.41) is -0.138. The smallest absolute Gasteiger partial charge is 0.322 e. The lowest BCUT2D eigenvalue weighted by atomic mass is 10.1. The first kappa shape index (κ1) is 16.8. The Morgan fingerprint density at radius 2 is 1.83 bits per heavy atom. The maximum absolute atomic E-state index is 13.1. The Bertz CT molecular complexity index is 763. The van der Waals surface area contributed by atoms with Crippen molar-refractivity contribution in [3.05, 3.63) is 52.5 Å². The van der Waals surface area contributed by atoms with Crippen molar-refractivity contribution in [2.75, 3.05) is 6.54 Å². The Balaban J connectivity index is 2.07. The number of allylic oxidation sites excluding steroid dienone is 2. The largest absolute Gasteiger partial charge is 0.417 e. The Morgan fingerprint density at radius 3 is 2.46 bits per heavy atom. The number of amidine groups is 1. The third kappa shape index (κ3) is 2.88. The molecule has 0 saturated carbocycles. The van der Waals surface area contributed by atoms with Gasteiger partial charge in [0.25, 0.3) is 0 Å². The van der Waals surface area contributed by atoms with Crippen molar-refractivity contribution in [1.82, 2.24) is 9.88 Å². The van der Waals surface area contributed by atoms with E-state index in [2.05, 4.69) is 9.98 Å². The van der Waals surface area contributed by atoms with Crippen LogP contribution in [0.25, 0.3) is 0 Å². The summed E-state index contributed by atoms with van der Waals surface area (Å²) in [6.45, 7) is -0.0432. The monoisotopic (exact) mass is 367 g/mol. The number of aliphatic imine (C=N–C) groups is 1. The van der Waals surface area contributed by atoms with Crippen LogP contribution in [-0.4, -0.2) is 34.5 Å². The van der Waals surface area contributed by atoms with E-state index in [4.69, 9.17) is 11.6 Å². The van der Waals surface area contributed by atoms with E-state index in [-0.39, 0.29) is 17.4 Å². The van der Waals surface area contributed by atoms with Crippen LogP contribution in [0.2, 0.25) is 0 Å². The molecule has 0 fully saturated rings. The SMILES string of the molecule is FC(F)(F)C1=CN2C(c3cnccc3C(F)(F)F)=NCC2C(Cl)=C1. The van der Waals surface area contributed by atoms with Crippen LogP contribution in [0, 0.1) is 0 Å². The van der Waals surface area contributed by atoms with Gasteiger partial charge in [0.1, 0.15) is 5.84 Å². The van der Waals surface area contributed by atoms with Crippen molar-refractivity contribution >= 4 is 17.4 Å². The third-order valence-corrected chi connectivity index (χ3v) is 3.94. The molecule has 10 heteroatoms.